The molecule has 1 aromatic heterocycles. The van der Waals surface area contributed by atoms with Crippen molar-refractivity contribution >= 4 is 23.5 Å². The highest BCUT2D eigenvalue weighted by Crippen LogP contribution is 2.20. The minimum Gasteiger partial charge on any atom is -0.360 e. The first-order valence-corrected chi connectivity index (χ1v) is 7.80. The number of benzene rings is 2. The number of aromatic nitrogens is 1. The second-order valence-electron chi connectivity index (χ2n) is 5.60. The Hall–Kier alpha value is -3.35. The van der Waals surface area contributed by atoms with Gasteiger partial charge in [0.25, 0.3) is 0 Å². The first kappa shape index (κ1) is 17.5. The van der Waals surface area contributed by atoms with Gasteiger partial charge in [0, 0.05) is 18.0 Å². The number of aryl methyl sites for hydroxylation is 1. The minimum absolute atomic E-state index is 0.313. The Morgan fingerprint density at radius 2 is 1.73 bits per heavy atom. The SMILES string of the molecule is Cc1cc(C(C=Nc2ccc(F)cc2)C(=O)Nc2ccc(F)cc2)on1. The molecule has 0 saturated heterocycles. The molecule has 0 saturated carbocycles. The van der Waals surface area contributed by atoms with Crippen molar-refractivity contribution in [1.29, 1.82) is 0 Å². The van der Waals surface area contributed by atoms with Crippen LogP contribution in [-0.4, -0.2) is 17.3 Å². The molecule has 3 aromatic rings. The standard InChI is InChI=1S/C19H15F2N3O2/c1-12-10-18(26-24-12)17(11-22-15-6-2-13(20)3-7-15)19(25)23-16-8-4-14(21)5-9-16/h2-11,17H,1H3,(H,23,25). The van der Waals surface area contributed by atoms with Crippen LogP contribution < -0.4 is 5.32 Å². The van der Waals surface area contributed by atoms with E-state index in [0.717, 1.165) is 0 Å². The molecule has 0 radical (unpaired) electrons. The number of nitrogens with one attached hydrogen (secondary N) is 1. The van der Waals surface area contributed by atoms with Crippen molar-refractivity contribution in [2.24, 2.45) is 4.99 Å². The molecular weight excluding hydrogens is 340 g/mol. The zero-order valence-corrected chi connectivity index (χ0v) is 13.8. The fourth-order valence-electron chi connectivity index (χ4n) is 2.24. The van der Waals surface area contributed by atoms with E-state index in [1.54, 1.807) is 13.0 Å². The van der Waals surface area contributed by atoms with Gasteiger partial charge in [-0.2, -0.15) is 0 Å². The number of carbonyl (C=O) groups excluding carboxylic acids is 1. The third-order valence-electron chi connectivity index (χ3n) is 3.55. The maximum Gasteiger partial charge on any atom is 0.240 e. The van der Waals surface area contributed by atoms with Crippen LogP contribution in [-0.2, 0) is 4.79 Å². The van der Waals surface area contributed by atoms with Crippen molar-refractivity contribution in [3.05, 3.63) is 77.7 Å². The quantitative estimate of drug-likeness (QED) is 0.691. The van der Waals surface area contributed by atoms with E-state index in [1.165, 1.54) is 54.7 Å². The van der Waals surface area contributed by atoms with Crippen LogP contribution in [0.3, 0.4) is 0 Å². The van der Waals surface area contributed by atoms with Crippen LogP contribution >= 0.6 is 0 Å². The second kappa shape index (κ2) is 7.69. The molecule has 1 heterocycles. The van der Waals surface area contributed by atoms with Gasteiger partial charge in [0.2, 0.25) is 5.91 Å². The molecule has 0 aliphatic heterocycles. The molecule has 1 amide bonds. The average molecular weight is 355 g/mol. The Kier molecular flexibility index (Phi) is 5.17. The van der Waals surface area contributed by atoms with E-state index >= 15 is 0 Å². The molecule has 0 bridgehead atoms. The summed E-state index contributed by atoms with van der Waals surface area (Å²) in [6, 6.07) is 12.6. The zero-order valence-electron chi connectivity index (χ0n) is 13.8. The van der Waals surface area contributed by atoms with Gasteiger partial charge >= 0.3 is 0 Å². The predicted octanol–water partition coefficient (Wildman–Crippen LogP) is 4.39. The molecule has 1 atom stereocenters. The Labute approximate surface area is 148 Å². The number of hydrogen-bond acceptors (Lipinski definition) is 4. The van der Waals surface area contributed by atoms with Crippen molar-refractivity contribution in [2.75, 3.05) is 5.32 Å². The summed E-state index contributed by atoms with van der Waals surface area (Å²) >= 11 is 0. The largest absolute Gasteiger partial charge is 0.360 e. The van der Waals surface area contributed by atoms with Crippen LogP contribution in [0.4, 0.5) is 20.2 Å². The molecule has 5 nitrogen and oxygen atoms in total. The van der Waals surface area contributed by atoms with Crippen LogP contribution in [0.5, 0.6) is 0 Å². The van der Waals surface area contributed by atoms with E-state index in [1.807, 2.05) is 0 Å². The van der Waals surface area contributed by atoms with Crippen LogP contribution in [0.25, 0.3) is 0 Å². The fraction of sp³-hybridized carbons (Fsp3) is 0.105. The van der Waals surface area contributed by atoms with Crippen LogP contribution in [0.15, 0.2) is 64.1 Å². The van der Waals surface area contributed by atoms with Gasteiger partial charge in [-0.3, -0.25) is 9.79 Å². The summed E-state index contributed by atoms with van der Waals surface area (Å²) in [4.78, 5) is 16.8. The number of carbonyl (C=O) groups is 1. The molecule has 1 unspecified atom stereocenters. The number of hydrogen-bond donors (Lipinski definition) is 1. The van der Waals surface area contributed by atoms with Crippen molar-refractivity contribution in [3.63, 3.8) is 0 Å². The highest BCUT2D eigenvalue weighted by molar-refractivity contribution is 6.06. The van der Waals surface area contributed by atoms with E-state index in [2.05, 4.69) is 15.5 Å². The summed E-state index contributed by atoms with van der Waals surface area (Å²) in [6.07, 6.45) is 1.39. The first-order valence-electron chi connectivity index (χ1n) is 7.80. The maximum atomic E-state index is 13.0. The van der Waals surface area contributed by atoms with Gasteiger partial charge in [-0.05, 0) is 55.5 Å². The monoisotopic (exact) mass is 355 g/mol. The molecule has 7 heteroatoms. The summed E-state index contributed by atoms with van der Waals surface area (Å²) in [5.41, 5.74) is 1.55. The number of aliphatic imine (C=N–C) groups is 1. The van der Waals surface area contributed by atoms with Gasteiger partial charge < -0.3 is 9.84 Å². The van der Waals surface area contributed by atoms with Crippen molar-refractivity contribution < 1.29 is 18.1 Å². The van der Waals surface area contributed by atoms with Gasteiger partial charge in [-0.25, -0.2) is 8.78 Å². The van der Waals surface area contributed by atoms with Gasteiger partial charge in [-0.15, -0.1) is 0 Å². The van der Waals surface area contributed by atoms with E-state index in [0.29, 0.717) is 22.8 Å². The van der Waals surface area contributed by atoms with E-state index < -0.39 is 17.6 Å². The average Bonchev–Trinajstić information content (AvgIpc) is 3.05. The van der Waals surface area contributed by atoms with Gasteiger partial charge in [0.05, 0.1) is 11.4 Å². The number of amides is 1. The molecule has 1 N–H and O–H groups in total. The molecule has 2 aromatic carbocycles. The Balaban J connectivity index is 1.84. The van der Waals surface area contributed by atoms with Gasteiger partial charge in [-0.1, -0.05) is 5.16 Å². The molecule has 0 aliphatic carbocycles. The number of halogens is 2. The lowest BCUT2D eigenvalue weighted by Crippen LogP contribution is -2.22. The van der Waals surface area contributed by atoms with Crippen molar-refractivity contribution in [1.82, 2.24) is 5.16 Å². The van der Waals surface area contributed by atoms with Crippen LogP contribution in [0, 0.1) is 18.6 Å². The third kappa shape index (κ3) is 4.38. The molecule has 3 rings (SSSR count). The molecular formula is C19H15F2N3O2. The predicted molar refractivity (Wildman–Crippen MR) is 93.6 cm³/mol. The van der Waals surface area contributed by atoms with Gasteiger partial charge in [0.15, 0.2) is 5.76 Å². The molecule has 0 aliphatic rings. The van der Waals surface area contributed by atoms with Crippen LogP contribution in [0.1, 0.15) is 17.4 Å². The summed E-state index contributed by atoms with van der Waals surface area (Å²) < 4.78 is 31.2. The smallest absolute Gasteiger partial charge is 0.240 e. The number of nitrogens with zero attached hydrogens (tertiary/aromatic N) is 2. The minimum atomic E-state index is -0.855. The molecule has 0 spiro atoms. The highest BCUT2D eigenvalue weighted by atomic mass is 19.1. The third-order valence-corrected chi connectivity index (χ3v) is 3.55. The van der Waals surface area contributed by atoms with Crippen LogP contribution in [0.2, 0.25) is 0 Å². The summed E-state index contributed by atoms with van der Waals surface area (Å²) in [5.74, 6) is -1.73. The maximum absolute atomic E-state index is 13.0. The zero-order chi connectivity index (χ0) is 18.5. The fourth-order valence-corrected chi connectivity index (χ4v) is 2.24. The lowest BCUT2D eigenvalue weighted by Gasteiger charge is -2.10. The first-order chi connectivity index (χ1) is 12.5. The van der Waals surface area contributed by atoms with E-state index in [4.69, 9.17) is 4.52 Å². The summed E-state index contributed by atoms with van der Waals surface area (Å²) in [7, 11) is 0. The second-order valence-corrected chi connectivity index (χ2v) is 5.60. The van der Waals surface area contributed by atoms with Gasteiger partial charge in [0.1, 0.15) is 17.6 Å². The Morgan fingerprint density at radius 3 is 2.31 bits per heavy atom. The highest BCUT2D eigenvalue weighted by Gasteiger charge is 2.23. The number of anilines is 1. The lowest BCUT2D eigenvalue weighted by molar-refractivity contribution is -0.116. The van der Waals surface area contributed by atoms with Crippen molar-refractivity contribution in [2.45, 2.75) is 12.8 Å². The summed E-state index contributed by atoms with van der Waals surface area (Å²) in [5, 5.41) is 6.47. The summed E-state index contributed by atoms with van der Waals surface area (Å²) in [6.45, 7) is 1.74. The Bertz CT molecular complexity index is 919. The lowest BCUT2D eigenvalue weighted by atomic mass is 10.1. The van der Waals surface area contributed by atoms with E-state index in [9.17, 15) is 13.6 Å². The molecule has 0 fully saturated rings. The normalized spacial score (nSPS) is 12.3. The molecule has 132 valence electrons. The topological polar surface area (TPSA) is 67.5 Å². The van der Waals surface area contributed by atoms with E-state index in [-0.39, 0.29) is 5.82 Å². The Morgan fingerprint density at radius 1 is 1.12 bits per heavy atom. The van der Waals surface area contributed by atoms with Crippen molar-refractivity contribution in [3.8, 4) is 0 Å². The number of rotatable bonds is 5. The molecule has 26 heavy (non-hydrogen) atoms.